The van der Waals surface area contributed by atoms with Crippen molar-refractivity contribution in [3.8, 4) is 6.07 Å². The van der Waals surface area contributed by atoms with E-state index in [1.807, 2.05) is 6.07 Å². The first-order valence-corrected chi connectivity index (χ1v) is 5.15. The van der Waals surface area contributed by atoms with Gasteiger partial charge >= 0.3 is 0 Å². The van der Waals surface area contributed by atoms with Gasteiger partial charge in [0.1, 0.15) is 6.07 Å². The van der Waals surface area contributed by atoms with E-state index >= 15 is 0 Å². The maximum absolute atomic E-state index is 9.09. The van der Waals surface area contributed by atoms with E-state index in [1.165, 1.54) is 0 Å². The van der Waals surface area contributed by atoms with Crippen LogP contribution in [0.15, 0.2) is 18.2 Å². The average molecular weight is 241 g/mol. The fourth-order valence-corrected chi connectivity index (χ4v) is 1.54. The number of rotatable bonds is 5. The smallest absolute Gasteiger partial charge is 0.103 e. The summed E-state index contributed by atoms with van der Waals surface area (Å²) in [7, 11) is 1.55. The van der Waals surface area contributed by atoms with Gasteiger partial charge < -0.3 is 15.2 Å². The van der Waals surface area contributed by atoms with E-state index in [1.54, 1.807) is 25.3 Å². The molecule has 0 radical (unpaired) electrons. The molecule has 0 saturated heterocycles. The molecule has 0 spiro atoms. The summed E-state index contributed by atoms with van der Waals surface area (Å²) in [5, 5.41) is 21.4. The van der Waals surface area contributed by atoms with Gasteiger partial charge in [0.15, 0.2) is 0 Å². The van der Waals surface area contributed by atoms with Crippen LogP contribution in [0.3, 0.4) is 0 Å². The number of aliphatic hydroxyl groups excluding tert-OH is 1. The highest BCUT2D eigenvalue weighted by Gasteiger charge is 2.11. The maximum Gasteiger partial charge on any atom is 0.103 e. The Kier molecular flexibility index (Phi) is 5.06. The minimum Gasteiger partial charge on any atom is -0.394 e. The molecule has 1 aromatic rings. The van der Waals surface area contributed by atoms with E-state index in [4.69, 9.17) is 26.7 Å². The molecule has 16 heavy (non-hydrogen) atoms. The number of anilines is 1. The number of hydrogen-bond donors (Lipinski definition) is 2. The van der Waals surface area contributed by atoms with E-state index in [9.17, 15) is 0 Å². The van der Waals surface area contributed by atoms with Gasteiger partial charge in [0.25, 0.3) is 0 Å². The monoisotopic (exact) mass is 240 g/mol. The van der Waals surface area contributed by atoms with Gasteiger partial charge in [-0.25, -0.2) is 0 Å². The molecule has 0 aromatic heterocycles. The lowest BCUT2D eigenvalue weighted by molar-refractivity contribution is 0.153. The SMILES string of the molecule is COCC(CO)Nc1cccc(Cl)c1C#N. The number of methoxy groups -OCH3 is 1. The Labute approximate surface area is 99.4 Å². The maximum atomic E-state index is 9.09. The van der Waals surface area contributed by atoms with Gasteiger partial charge in [-0.1, -0.05) is 17.7 Å². The standard InChI is InChI=1S/C11H13ClN2O2/c1-16-7-8(6-15)14-11-4-2-3-10(12)9(11)5-13/h2-4,8,14-15H,6-7H2,1H3. The molecule has 5 heteroatoms. The van der Waals surface area contributed by atoms with Gasteiger partial charge in [-0.3, -0.25) is 0 Å². The van der Waals surface area contributed by atoms with Gasteiger partial charge in [0, 0.05) is 7.11 Å². The van der Waals surface area contributed by atoms with Crippen molar-refractivity contribution in [2.75, 3.05) is 25.6 Å². The van der Waals surface area contributed by atoms with Crippen LogP contribution in [-0.4, -0.2) is 31.5 Å². The zero-order valence-corrected chi connectivity index (χ0v) is 9.66. The van der Waals surface area contributed by atoms with Crippen LogP contribution in [0.1, 0.15) is 5.56 Å². The number of halogens is 1. The minimum absolute atomic E-state index is 0.0782. The van der Waals surface area contributed by atoms with Crippen molar-refractivity contribution in [2.24, 2.45) is 0 Å². The summed E-state index contributed by atoms with van der Waals surface area (Å²) in [6.07, 6.45) is 0. The summed E-state index contributed by atoms with van der Waals surface area (Å²) in [6.45, 7) is 0.277. The number of aliphatic hydroxyl groups is 1. The second kappa shape index (κ2) is 6.33. The van der Waals surface area contributed by atoms with Crippen LogP contribution in [0.4, 0.5) is 5.69 Å². The topological polar surface area (TPSA) is 65.3 Å². The Hall–Kier alpha value is -1.28. The van der Waals surface area contributed by atoms with Crippen molar-refractivity contribution in [1.29, 1.82) is 5.26 Å². The summed E-state index contributed by atoms with van der Waals surface area (Å²) in [5.74, 6) is 0. The Bertz CT molecular complexity index is 390. The summed E-state index contributed by atoms with van der Waals surface area (Å²) < 4.78 is 4.93. The molecule has 0 saturated carbocycles. The highest BCUT2D eigenvalue weighted by molar-refractivity contribution is 6.32. The molecule has 4 nitrogen and oxygen atoms in total. The molecule has 0 amide bonds. The van der Waals surface area contributed by atoms with Gasteiger partial charge in [-0.15, -0.1) is 0 Å². The van der Waals surface area contributed by atoms with Gasteiger partial charge in [-0.05, 0) is 12.1 Å². The number of hydrogen-bond acceptors (Lipinski definition) is 4. The molecule has 0 heterocycles. The first kappa shape index (κ1) is 12.8. The number of nitrogens with zero attached hydrogens (tertiary/aromatic N) is 1. The largest absolute Gasteiger partial charge is 0.394 e. The van der Waals surface area contributed by atoms with Crippen molar-refractivity contribution in [3.05, 3.63) is 28.8 Å². The molecule has 86 valence electrons. The molecule has 0 fully saturated rings. The predicted molar refractivity (Wildman–Crippen MR) is 62.5 cm³/mol. The zero-order chi connectivity index (χ0) is 12.0. The van der Waals surface area contributed by atoms with E-state index < -0.39 is 0 Å². The van der Waals surface area contributed by atoms with Crippen LogP contribution >= 0.6 is 11.6 Å². The molecule has 0 aliphatic carbocycles. The molecular formula is C11H13ClN2O2. The van der Waals surface area contributed by atoms with Crippen molar-refractivity contribution in [2.45, 2.75) is 6.04 Å². The second-order valence-electron chi connectivity index (χ2n) is 3.25. The third-order valence-corrected chi connectivity index (χ3v) is 2.39. The number of nitriles is 1. The van der Waals surface area contributed by atoms with Crippen LogP contribution in [0.2, 0.25) is 5.02 Å². The third-order valence-electron chi connectivity index (χ3n) is 2.07. The Morgan fingerprint density at radius 1 is 1.62 bits per heavy atom. The quantitative estimate of drug-likeness (QED) is 0.821. The lowest BCUT2D eigenvalue weighted by Crippen LogP contribution is -2.29. The van der Waals surface area contributed by atoms with Gasteiger partial charge in [-0.2, -0.15) is 5.26 Å². The fourth-order valence-electron chi connectivity index (χ4n) is 1.32. The van der Waals surface area contributed by atoms with Crippen LogP contribution in [0.25, 0.3) is 0 Å². The van der Waals surface area contributed by atoms with Crippen LogP contribution in [-0.2, 0) is 4.74 Å². The number of nitrogens with one attached hydrogen (secondary N) is 1. The first-order chi connectivity index (χ1) is 7.72. The van der Waals surface area contributed by atoms with Gasteiger partial charge in [0.05, 0.1) is 35.5 Å². The molecule has 1 rings (SSSR count). The highest BCUT2D eigenvalue weighted by Crippen LogP contribution is 2.23. The Morgan fingerprint density at radius 2 is 2.38 bits per heavy atom. The Morgan fingerprint density at radius 3 is 2.94 bits per heavy atom. The summed E-state index contributed by atoms with van der Waals surface area (Å²) >= 11 is 5.88. The lowest BCUT2D eigenvalue weighted by atomic mass is 10.1. The average Bonchev–Trinajstić information content (AvgIpc) is 2.28. The van der Waals surface area contributed by atoms with Crippen LogP contribution in [0, 0.1) is 11.3 Å². The molecule has 0 bridgehead atoms. The predicted octanol–water partition coefficient (Wildman–Crippen LogP) is 1.63. The third kappa shape index (κ3) is 3.11. The van der Waals surface area contributed by atoms with Crippen molar-refractivity contribution < 1.29 is 9.84 Å². The molecular weight excluding hydrogens is 228 g/mol. The lowest BCUT2D eigenvalue weighted by Gasteiger charge is -2.17. The van der Waals surface area contributed by atoms with Crippen molar-refractivity contribution >= 4 is 17.3 Å². The molecule has 1 aromatic carbocycles. The van der Waals surface area contributed by atoms with E-state index in [2.05, 4.69) is 5.32 Å². The van der Waals surface area contributed by atoms with Crippen LogP contribution < -0.4 is 5.32 Å². The van der Waals surface area contributed by atoms with E-state index in [0.29, 0.717) is 22.9 Å². The summed E-state index contributed by atoms with van der Waals surface area (Å²) in [5.41, 5.74) is 0.977. The highest BCUT2D eigenvalue weighted by atomic mass is 35.5. The molecule has 0 aliphatic rings. The number of benzene rings is 1. The molecule has 2 N–H and O–H groups in total. The minimum atomic E-state index is -0.254. The van der Waals surface area contributed by atoms with Crippen molar-refractivity contribution in [3.63, 3.8) is 0 Å². The van der Waals surface area contributed by atoms with Gasteiger partial charge in [0.2, 0.25) is 0 Å². The van der Waals surface area contributed by atoms with E-state index in [-0.39, 0.29) is 12.6 Å². The Balaban J connectivity index is 2.88. The summed E-state index contributed by atoms with van der Waals surface area (Å²) in [6, 6.07) is 6.89. The first-order valence-electron chi connectivity index (χ1n) is 4.77. The molecule has 1 atom stereocenters. The normalized spacial score (nSPS) is 11.9. The fraction of sp³-hybridized carbons (Fsp3) is 0.364. The second-order valence-corrected chi connectivity index (χ2v) is 3.66. The van der Waals surface area contributed by atoms with Crippen LogP contribution in [0.5, 0.6) is 0 Å². The number of ether oxygens (including phenoxy) is 1. The van der Waals surface area contributed by atoms with Crippen molar-refractivity contribution in [1.82, 2.24) is 0 Å². The van der Waals surface area contributed by atoms with E-state index in [0.717, 1.165) is 0 Å². The molecule has 0 aliphatic heterocycles. The summed E-state index contributed by atoms with van der Waals surface area (Å²) in [4.78, 5) is 0. The zero-order valence-electron chi connectivity index (χ0n) is 8.90. The molecule has 1 unspecified atom stereocenters.